The maximum Gasteiger partial charge on any atom is 0.321 e. The molecule has 0 aliphatic rings. The second-order valence-electron chi connectivity index (χ2n) is 4.25. The monoisotopic (exact) mass is 313 g/mol. The molecule has 0 heterocycles. The Bertz CT molecular complexity index is 369. The minimum absolute atomic E-state index is 0.204. The Morgan fingerprint density at radius 1 is 1.39 bits per heavy atom. The topological polar surface area (TPSA) is 29.5 Å². The van der Waals surface area contributed by atoms with E-state index in [1.54, 1.807) is 0 Å². The first-order valence-electron chi connectivity index (χ1n) is 6.12. The Hall–Kier alpha value is -0.870. The third-order valence-corrected chi connectivity index (χ3v) is 3.60. The van der Waals surface area contributed by atoms with Crippen molar-refractivity contribution in [2.45, 2.75) is 24.7 Å². The zero-order valence-corrected chi connectivity index (χ0v) is 12.7. The van der Waals surface area contributed by atoms with E-state index < -0.39 is 0 Å². The first kappa shape index (κ1) is 15.2. The lowest BCUT2D eigenvalue weighted by molar-refractivity contribution is -0.142. The van der Waals surface area contributed by atoms with Crippen LogP contribution in [0.1, 0.15) is 25.5 Å². The van der Waals surface area contributed by atoms with Crippen molar-refractivity contribution in [1.29, 1.82) is 0 Å². The Labute approximate surface area is 117 Å². The molecule has 0 saturated heterocycles. The third-order valence-electron chi connectivity index (χ3n) is 2.93. The smallest absolute Gasteiger partial charge is 0.321 e. The summed E-state index contributed by atoms with van der Waals surface area (Å²) in [4.78, 5) is 13.4. The number of carbonyl (C=O) groups is 1. The zero-order chi connectivity index (χ0) is 13.5. The van der Waals surface area contributed by atoms with E-state index in [-0.39, 0.29) is 16.8 Å². The number of ether oxygens (including phenoxy) is 1. The van der Waals surface area contributed by atoms with Gasteiger partial charge in [-0.05, 0) is 26.5 Å². The van der Waals surface area contributed by atoms with Crippen LogP contribution in [0.2, 0.25) is 0 Å². The van der Waals surface area contributed by atoms with Gasteiger partial charge >= 0.3 is 5.97 Å². The highest BCUT2D eigenvalue weighted by Crippen LogP contribution is 2.19. The fraction of sp³-hybridized carbons (Fsp3) is 0.500. The first-order chi connectivity index (χ1) is 8.56. The molecule has 3 nitrogen and oxygen atoms in total. The standard InChI is InChI=1S/C14H20BrNO2/c1-4-18-14(17)13(15)10-16(3)11(2)12-8-6-5-7-9-12/h5-9,11,13H,4,10H2,1-3H3/t11-,13+/m1/s1. The molecule has 1 aromatic rings. The van der Waals surface area contributed by atoms with Crippen molar-refractivity contribution in [3.8, 4) is 0 Å². The zero-order valence-electron chi connectivity index (χ0n) is 11.1. The van der Waals surface area contributed by atoms with Gasteiger partial charge in [-0.25, -0.2) is 0 Å². The van der Waals surface area contributed by atoms with Crippen LogP contribution in [0.5, 0.6) is 0 Å². The van der Waals surface area contributed by atoms with Crippen molar-refractivity contribution in [1.82, 2.24) is 4.90 Å². The SMILES string of the molecule is CCOC(=O)[C@@H](Br)CN(C)[C@H](C)c1ccccc1. The van der Waals surface area contributed by atoms with E-state index in [0.717, 1.165) is 0 Å². The molecule has 0 amide bonds. The molecule has 0 bridgehead atoms. The van der Waals surface area contributed by atoms with E-state index in [4.69, 9.17) is 4.74 Å². The number of halogens is 1. The Balaban J connectivity index is 2.55. The lowest BCUT2D eigenvalue weighted by atomic mass is 10.1. The number of carbonyl (C=O) groups excluding carboxylic acids is 1. The van der Waals surface area contributed by atoms with Crippen LogP contribution in [-0.4, -0.2) is 35.9 Å². The molecule has 0 saturated carbocycles. The van der Waals surface area contributed by atoms with Crippen molar-refractivity contribution in [3.63, 3.8) is 0 Å². The number of hydrogen-bond acceptors (Lipinski definition) is 3. The van der Waals surface area contributed by atoms with E-state index in [1.165, 1.54) is 5.56 Å². The minimum Gasteiger partial charge on any atom is -0.465 e. The first-order valence-corrected chi connectivity index (χ1v) is 7.03. The van der Waals surface area contributed by atoms with Crippen LogP contribution in [-0.2, 0) is 9.53 Å². The van der Waals surface area contributed by atoms with Crippen LogP contribution in [0, 0.1) is 0 Å². The molecule has 0 aromatic heterocycles. The average molecular weight is 314 g/mol. The predicted octanol–water partition coefficient (Wildman–Crippen LogP) is 3.01. The van der Waals surface area contributed by atoms with Gasteiger partial charge in [-0.1, -0.05) is 46.3 Å². The van der Waals surface area contributed by atoms with Crippen molar-refractivity contribution in [3.05, 3.63) is 35.9 Å². The van der Waals surface area contributed by atoms with Gasteiger partial charge in [0.1, 0.15) is 4.83 Å². The molecular weight excluding hydrogens is 294 g/mol. The number of esters is 1. The normalized spacial score (nSPS) is 14.3. The molecule has 0 spiro atoms. The summed E-state index contributed by atoms with van der Waals surface area (Å²) >= 11 is 3.37. The Morgan fingerprint density at radius 2 is 2.00 bits per heavy atom. The summed E-state index contributed by atoms with van der Waals surface area (Å²) in [6.45, 7) is 4.97. The average Bonchev–Trinajstić information content (AvgIpc) is 2.39. The van der Waals surface area contributed by atoms with E-state index in [1.807, 2.05) is 32.2 Å². The number of alkyl halides is 1. The van der Waals surface area contributed by atoms with E-state index in [2.05, 4.69) is 39.9 Å². The van der Waals surface area contributed by atoms with Crippen LogP contribution >= 0.6 is 15.9 Å². The fourth-order valence-electron chi connectivity index (χ4n) is 1.70. The van der Waals surface area contributed by atoms with Gasteiger partial charge in [0.2, 0.25) is 0 Å². The van der Waals surface area contributed by atoms with Gasteiger partial charge in [0.05, 0.1) is 6.61 Å². The van der Waals surface area contributed by atoms with Crippen molar-refractivity contribution in [2.24, 2.45) is 0 Å². The van der Waals surface area contributed by atoms with Gasteiger partial charge in [-0.15, -0.1) is 0 Å². The van der Waals surface area contributed by atoms with Gasteiger partial charge in [0.25, 0.3) is 0 Å². The summed E-state index contributed by atoms with van der Waals surface area (Å²) in [5.74, 6) is -0.204. The summed E-state index contributed by atoms with van der Waals surface area (Å²) in [5, 5.41) is 0. The third kappa shape index (κ3) is 4.42. The van der Waals surface area contributed by atoms with E-state index in [9.17, 15) is 4.79 Å². The largest absolute Gasteiger partial charge is 0.465 e. The lowest BCUT2D eigenvalue weighted by Gasteiger charge is -2.26. The molecule has 0 aliphatic carbocycles. The lowest BCUT2D eigenvalue weighted by Crippen LogP contribution is -2.33. The van der Waals surface area contributed by atoms with Gasteiger partial charge in [-0.2, -0.15) is 0 Å². The van der Waals surface area contributed by atoms with Crippen molar-refractivity contribution in [2.75, 3.05) is 20.2 Å². The van der Waals surface area contributed by atoms with Gasteiger partial charge in [0, 0.05) is 12.6 Å². The van der Waals surface area contributed by atoms with Gasteiger partial charge < -0.3 is 4.74 Å². The highest BCUT2D eigenvalue weighted by atomic mass is 79.9. The predicted molar refractivity (Wildman–Crippen MR) is 76.8 cm³/mol. The van der Waals surface area contributed by atoms with Crippen LogP contribution < -0.4 is 0 Å². The Kier molecular flexibility index (Phi) is 6.36. The highest BCUT2D eigenvalue weighted by Gasteiger charge is 2.21. The number of rotatable bonds is 6. The number of benzene rings is 1. The molecule has 4 heteroatoms. The summed E-state index contributed by atoms with van der Waals surface area (Å²) in [7, 11) is 2.01. The summed E-state index contributed by atoms with van der Waals surface area (Å²) < 4.78 is 4.98. The fourth-order valence-corrected chi connectivity index (χ4v) is 2.29. The maximum absolute atomic E-state index is 11.5. The molecule has 0 radical (unpaired) electrons. The highest BCUT2D eigenvalue weighted by molar-refractivity contribution is 9.10. The Morgan fingerprint density at radius 3 is 2.56 bits per heavy atom. The van der Waals surface area contributed by atoms with Crippen LogP contribution in [0.3, 0.4) is 0 Å². The molecule has 2 atom stereocenters. The minimum atomic E-state index is -0.284. The molecule has 100 valence electrons. The number of nitrogens with zero attached hydrogens (tertiary/aromatic N) is 1. The van der Waals surface area contributed by atoms with Gasteiger partial charge in [-0.3, -0.25) is 9.69 Å². The molecule has 0 fully saturated rings. The van der Waals surface area contributed by atoms with Crippen molar-refractivity contribution >= 4 is 21.9 Å². The van der Waals surface area contributed by atoms with E-state index >= 15 is 0 Å². The van der Waals surface area contributed by atoms with E-state index in [0.29, 0.717) is 13.2 Å². The molecular formula is C14H20BrNO2. The van der Waals surface area contributed by atoms with Crippen LogP contribution in [0.15, 0.2) is 30.3 Å². The summed E-state index contributed by atoms with van der Waals surface area (Å²) in [5.41, 5.74) is 1.24. The second kappa shape index (κ2) is 7.54. The summed E-state index contributed by atoms with van der Waals surface area (Å²) in [6.07, 6.45) is 0. The molecule has 0 N–H and O–H groups in total. The molecule has 1 aromatic carbocycles. The second-order valence-corrected chi connectivity index (χ2v) is 5.35. The maximum atomic E-state index is 11.5. The summed E-state index contributed by atoms with van der Waals surface area (Å²) in [6, 6.07) is 10.5. The molecule has 0 unspecified atom stereocenters. The van der Waals surface area contributed by atoms with Gasteiger partial charge in [0.15, 0.2) is 0 Å². The quantitative estimate of drug-likeness (QED) is 0.597. The molecule has 18 heavy (non-hydrogen) atoms. The van der Waals surface area contributed by atoms with Crippen LogP contribution in [0.4, 0.5) is 0 Å². The molecule has 1 rings (SSSR count). The molecule has 0 aliphatic heterocycles. The van der Waals surface area contributed by atoms with Crippen LogP contribution in [0.25, 0.3) is 0 Å². The number of hydrogen-bond donors (Lipinski definition) is 0. The van der Waals surface area contributed by atoms with Crippen molar-refractivity contribution < 1.29 is 9.53 Å².